The molecule has 5 nitrogen and oxygen atoms in total. The number of hydrogen-bond donors (Lipinski definition) is 2. The average molecular weight is 430 g/mol. The lowest BCUT2D eigenvalue weighted by Crippen LogP contribution is -2.36. The number of ether oxygens (including phenoxy) is 1. The minimum Gasteiger partial charge on any atom is -0.468 e. The molecule has 1 aromatic rings. The number of aromatic nitrogens is 1. The van der Waals surface area contributed by atoms with Crippen molar-refractivity contribution in [2.75, 3.05) is 20.2 Å². The minimum absolute atomic E-state index is 0. The molecule has 9 heteroatoms. The summed E-state index contributed by atoms with van der Waals surface area (Å²) in [5, 5.41) is 5.98. The average Bonchev–Trinajstić information content (AvgIpc) is 2.45. The Balaban J connectivity index is 0.00000441. The lowest BCUT2D eigenvalue weighted by atomic mass is 10.2. The number of nitrogens with one attached hydrogen (secondary N) is 2. The third kappa shape index (κ3) is 8.70. The van der Waals surface area contributed by atoms with Crippen molar-refractivity contribution in [1.82, 2.24) is 15.6 Å². The fraction of sp³-hybridized carbons (Fsp3) is 0.385. The molecule has 22 heavy (non-hydrogen) atoms. The summed E-state index contributed by atoms with van der Waals surface area (Å²) >= 11 is 0. The number of aliphatic imine (C=N–C) groups is 1. The first kappa shape index (κ1) is 20.5. The highest BCUT2D eigenvalue weighted by molar-refractivity contribution is 14.0. The van der Waals surface area contributed by atoms with Crippen molar-refractivity contribution in [2.45, 2.75) is 12.7 Å². The van der Waals surface area contributed by atoms with E-state index in [1.807, 2.05) is 0 Å². The smallest absolute Gasteiger partial charge is 0.422 e. The van der Waals surface area contributed by atoms with Crippen LogP contribution in [0.15, 0.2) is 36.0 Å². The number of guanidine groups is 1. The van der Waals surface area contributed by atoms with Crippen LogP contribution in [0.4, 0.5) is 13.2 Å². The SMILES string of the molecule is C=CCNC(=NC)NCc1ccnc(OCC(F)(F)F)c1.I. The van der Waals surface area contributed by atoms with Crippen LogP contribution < -0.4 is 15.4 Å². The summed E-state index contributed by atoms with van der Waals surface area (Å²) in [5.74, 6) is 0.491. The molecule has 0 aliphatic heterocycles. The normalized spacial score (nSPS) is 11.4. The number of pyridine rings is 1. The van der Waals surface area contributed by atoms with Gasteiger partial charge in [0, 0.05) is 32.4 Å². The monoisotopic (exact) mass is 430 g/mol. The Morgan fingerprint density at radius 3 is 2.77 bits per heavy atom. The predicted octanol–water partition coefficient (Wildman–Crippen LogP) is 2.49. The molecule has 0 aliphatic carbocycles. The van der Waals surface area contributed by atoms with Crippen molar-refractivity contribution >= 4 is 29.9 Å². The van der Waals surface area contributed by atoms with Gasteiger partial charge in [0.25, 0.3) is 0 Å². The van der Waals surface area contributed by atoms with E-state index in [9.17, 15) is 13.2 Å². The van der Waals surface area contributed by atoms with Crippen molar-refractivity contribution in [3.63, 3.8) is 0 Å². The van der Waals surface area contributed by atoms with Crippen LogP contribution in [0.5, 0.6) is 5.88 Å². The van der Waals surface area contributed by atoms with Crippen LogP contribution in [0, 0.1) is 0 Å². The van der Waals surface area contributed by atoms with Gasteiger partial charge in [-0.1, -0.05) is 6.08 Å². The quantitative estimate of drug-likeness (QED) is 0.315. The largest absolute Gasteiger partial charge is 0.468 e. The molecule has 2 N–H and O–H groups in total. The van der Waals surface area contributed by atoms with Crippen LogP contribution in [0.2, 0.25) is 0 Å². The predicted molar refractivity (Wildman–Crippen MR) is 89.6 cm³/mol. The zero-order valence-corrected chi connectivity index (χ0v) is 14.3. The molecule has 0 aromatic carbocycles. The van der Waals surface area contributed by atoms with Gasteiger partial charge in [-0.25, -0.2) is 4.98 Å². The zero-order chi connectivity index (χ0) is 15.7. The van der Waals surface area contributed by atoms with Gasteiger partial charge in [0.05, 0.1) is 0 Å². The maximum absolute atomic E-state index is 12.1. The second-order valence-electron chi connectivity index (χ2n) is 4.00. The Morgan fingerprint density at radius 2 is 2.18 bits per heavy atom. The Hall–Kier alpha value is -1.52. The molecule has 0 amide bonds. The molecular weight excluding hydrogens is 412 g/mol. The lowest BCUT2D eigenvalue weighted by Gasteiger charge is -2.12. The first-order chi connectivity index (χ1) is 9.94. The Morgan fingerprint density at radius 1 is 1.45 bits per heavy atom. The first-order valence-corrected chi connectivity index (χ1v) is 6.14. The molecule has 0 atom stereocenters. The third-order valence-electron chi connectivity index (χ3n) is 2.28. The fourth-order valence-electron chi connectivity index (χ4n) is 1.37. The molecule has 0 spiro atoms. The molecule has 1 rings (SSSR count). The van der Waals surface area contributed by atoms with E-state index in [2.05, 4.69) is 31.9 Å². The molecule has 0 fully saturated rings. The summed E-state index contributed by atoms with van der Waals surface area (Å²) in [6.45, 7) is 3.14. The van der Waals surface area contributed by atoms with Gasteiger partial charge in [-0.05, 0) is 11.6 Å². The summed E-state index contributed by atoms with van der Waals surface area (Å²) in [6, 6.07) is 3.12. The molecule has 0 aliphatic rings. The van der Waals surface area contributed by atoms with E-state index >= 15 is 0 Å². The van der Waals surface area contributed by atoms with Crippen LogP contribution in [0.1, 0.15) is 5.56 Å². The number of rotatable bonds is 6. The summed E-state index contributed by atoms with van der Waals surface area (Å²) < 4.78 is 40.8. The van der Waals surface area contributed by atoms with Crippen molar-refractivity contribution in [3.8, 4) is 5.88 Å². The van der Waals surface area contributed by atoms with Crippen molar-refractivity contribution in [3.05, 3.63) is 36.5 Å². The van der Waals surface area contributed by atoms with Gasteiger partial charge in [0.15, 0.2) is 12.6 Å². The summed E-state index contributed by atoms with van der Waals surface area (Å²) in [7, 11) is 1.61. The van der Waals surface area contributed by atoms with E-state index < -0.39 is 12.8 Å². The van der Waals surface area contributed by atoms with Crippen molar-refractivity contribution < 1.29 is 17.9 Å². The van der Waals surface area contributed by atoms with Gasteiger partial charge in [-0.3, -0.25) is 4.99 Å². The van der Waals surface area contributed by atoms with E-state index in [0.29, 0.717) is 19.0 Å². The Bertz CT molecular complexity index is 494. The van der Waals surface area contributed by atoms with Crippen LogP contribution in [0.25, 0.3) is 0 Å². The molecule has 1 heterocycles. The zero-order valence-electron chi connectivity index (χ0n) is 12.0. The molecular formula is C13H18F3IN4O. The molecule has 0 unspecified atom stereocenters. The highest BCUT2D eigenvalue weighted by Gasteiger charge is 2.28. The van der Waals surface area contributed by atoms with Crippen LogP contribution in [-0.2, 0) is 6.54 Å². The summed E-state index contributed by atoms with van der Waals surface area (Å²) in [6.07, 6.45) is -1.31. The van der Waals surface area contributed by atoms with E-state index in [1.165, 1.54) is 12.3 Å². The number of hydrogen-bond acceptors (Lipinski definition) is 3. The third-order valence-corrected chi connectivity index (χ3v) is 2.28. The van der Waals surface area contributed by atoms with Crippen LogP contribution in [0.3, 0.4) is 0 Å². The Labute approximate surface area is 144 Å². The Kier molecular flexibility index (Phi) is 9.54. The first-order valence-electron chi connectivity index (χ1n) is 6.14. The standard InChI is InChI=1S/C13H17F3N4O.HI/c1-3-5-19-12(17-2)20-8-10-4-6-18-11(7-10)21-9-13(14,15)16;/h3-4,6-7H,1,5,8-9H2,2H3,(H2,17,19,20);1H. The second-order valence-corrected chi connectivity index (χ2v) is 4.00. The topological polar surface area (TPSA) is 58.5 Å². The molecule has 124 valence electrons. The van der Waals surface area contributed by atoms with Gasteiger partial charge in [0.1, 0.15) is 0 Å². The minimum atomic E-state index is -4.38. The lowest BCUT2D eigenvalue weighted by molar-refractivity contribution is -0.154. The molecule has 0 saturated carbocycles. The van der Waals surface area contributed by atoms with Gasteiger partial charge in [0.2, 0.25) is 5.88 Å². The summed E-state index contributed by atoms with van der Waals surface area (Å²) in [4.78, 5) is 7.71. The van der Waals surface area contributed by atoms with Crippen molar-refractivity contribution in [1.29, 1.82) is 0 Å². The maximum Gasteiger partial charge on any atom is 0.422 e. The van der Waals surface area contributed by atoms with Gasteiger partial charge in [-0.2, -0.15) is 13.2 Å². The molecule has 0 bridgehead atoms. The van der Waals surface area contributed by atoms with Crippen LogP contribution >= 0.6 is 24.0 Å². The maximum atomic E-state index is 12.1. The van der Waals surface area contributed by atoms with Crippen LogP contribution in [-0.4, -0.2) is 37.3 Å². The molecule has 1 aromatic heterocycles. The van der Waals surface area contributed by atoms with E-state index in [0.717, 1.165) is 5.56 Å². The van der Waals surface area contributed by atoms with Gasteiger partial charge in [-0.15, -0.1) is 30.6 Å². The molecule has 0 radical (unpaired) electrons. The van der Waals surface area contributed by atoms with E-state index in [-0.39, 0.29) is 29.9 Å². The van der Waals surface area contributed by atoms with E-state index in [4.69, 9.17) is 0 Å². The van der Waals surface area contributed by atoms with Gasteiger partial charge < -0.3 is 15.4 Å². The summed E-state index contributed by atoms with van der Waals surface area (Å²) in [5.41, 5.74) is 0.726. The van der Waals surface area contributed by atoms with Gasteiger partial charge >= 0.3 is 6.18 Å². The number of nitrogens with zero attached hydrogens (tertiary/aromatic N) is 2. The van der Waals surface area contributed by atoms with E-state index in [1.54, 1.807) is 19.2 Å². The fourth-order valence-corrected chi connectivity index (χ4v) is 1.37. The number of halogens is 4. The number of alkyl halides is 3. The molecule has 0 saturated heterocycles. The highest BCUT2D eigenvalue weighted by Crippen LogP contribution is 2.17. The second kappa shape index (κ2) is 10.2. The van der Waals surface area contributed by atoms with Crippen molar-refractivity contribution in [2.24, 2.45) is 4.99 Å². The highest BCUT2D eigenvalue weighted by atomic mass is 127.